The summed E-state index contributed by atoms with van der Waals surface area (Å²) in [5.74, 6) is 1.42. The molecule has 2 aliphatic rings. The van der Waals surface area contributed by atoms with E-state index in [1.54, 1.807) is 11.3 Å². The van der Waals surface area contributed by atoms with Gasteiger partial charge >= 0.3 is 0 Å². The summed E-state index contributed by atoms with van der Waals surface area (Å²) in [6.45, 7) is 3.58. The molecule has 21 heavy (non-hydrogen) atoms. The normalized spacial score (nSPS) is 28.9. The quantitative estimate of drug-likeness (QED) is 0.849. The Kier molecular flexibility index (Phi) is 4.62. The van der Waals surface area contributed by atoms with Gasteiger partial charge in [-0.3, -0.25) is 4.79 Å². The molecular formula is C16H24N2O2S. The van der Waals surface area contributed by atoms with Crippen molar-refractivity contribution in [2.45, 2.75) is 18.9 Å². The molecule has 3 atom stereocenters. The number of likely N-dealkylation sites (N-methyl/N-ethyl adjacent to an activating group) is 1. The second-order valence-electron chi connectivity index (χ2n) is 6.44. The van der Waals surface area contributed by atoms with Crippen molar-refractivity contribution in [1.82, 2.24) is 9.80 Å². The van der Waals surface area contributed by atoms with Crippen LogP contribution < -0.4 is 0 Å². The minimum absolute atomic E-state index is 0.270. The first kappa shape index (κ1) is 15.0. The maximum atomic E-state index is 12.5. The van der Waals surface area contributed by atoms with Crippen LogP contribution in [0.3, 0.4) is 0 Å². The first-order chi connectivity index (χ1) is 10.1. The minimum Gasteiger partial charge on any atom is -0.376 e. The van der Waals surface area contributed by atoms with Gasteiger partial charge in [0.1, 0.15) is 0 Å². The van der Waals surface area contributed by atoms with E-state index in [2.05, 4.69) is 23.9 Å². The number of amides is 1. The van der Waals surface area contributed by atoms with Crippen LogP contribution in [0.1, 0.15) is 11.3 Å². The van der Waals surface area contributed by atoms with E-state index < -0.39 is 0 Å². The van der Waals surface area contributed by atoms with Crippen molar-refractivity contribution in [3.8, 4) is 0 Å². The molecule has 0 aliphatic carbocycles. The Morgan fingerprint density at radius 2 is 2.38 bits per heavy atom. The highest BCUT2D eigenvalue weighted by Crippen LogP contribution is 2.34. The fraction of sp³-hybridized carbons (Fsp3) is 0.688. The average molecular weight is 308 g/mol. The van der Waals surface area contributed by atoms with Gasteiger partial charge in [-0.15, -0.1) is 11.3 Å². The van der Waals surface area contributed by atoms with E-state index in [1.165, 1.54) is 0 Å². The molecule has 2 saturated heterocycles. The second-order valence-corrected chi connectivity index (χ2v) is 7.47. The largest absolute Gasteiger partial charge is 0.376 e. The van der Waals surface area contributed by atoms with E-state index in [0.717, 1.165) is 37.5 Å². The van der Waals surface area contributed by atoms with Gasteiger partial charge in [-0.1, -0.05) is 6.07 Å². The number of nitrogens with zero attached hydrogens (tertiary/aromatic N) is 2. The Morgan fingerprint density at radius 3 is 3.10 bits per heavy atom. The van der Waals surface area contributed by atoms with Crippen molar-refractivity contribution in [3.63, 3.8) is 0 Å². The molecule has 3 rings (SSSR count). The van der Waals surface area contributed by atoms with Crippen LogP contribution >= 0.6 is 11.3 Å². The molecule has 0 aromatic carbocycles. The van der Waals surface area contributed by atoms with Gasteiger partial charge in [-0.25, -0.2) is 0 Å². The first-order valence-corrected chi connectivity index (χ1v) is 8.58. The summed E-state index contributed by atoms with van der Waals surface area (Å²) in [5, 5.41) is 2.03. The third kappa shape index (κ3) is 3.47. The predicted octanol–water partition coefficient (Wildman–Crippen LogP) is 1.72. The molecule has 0 N–H and O–H groups in total. The number of piperidine rings is 1. The monoisotopic (exact) mass is 308 g/mol. The number of ether oxygens (including phenoxy) is 1. The average Bonchev–Trinajstić information content (AvgIpc) is 3.08. The van der Waals surface area contributed by atoms with E-state index in [9.17, 15) is 4.79 Å². The summed E-state index contributed by atoms with van der Waals surface area (Å²) >= 11 is 1.66. The smallest absolute Gasteiger partial charge is 0.227 e. The topological polar surface area (TPSA) is 32.8 Å². The molecule has 4 nitrogen and oxygen atoms in total. The number of carbonyl (C=O) groups excluding carboxylic acids is 1. The number of likely N-dealkylation sites (tertiary alicyclic amines) is 1. The van der Waals surface area contributed by atoms with Crippen molar-refractivity contribution in [2.75, 3.05) is 40.3 Å². The molecule has 3 heterocycles. The van der Waals surface area contributed by atoms with Crippen LogP contribution in [0, 0.1) is 11.8 Å². The van der Waals surface area contributed by atoms with Gasteiger partial charge in [0, 0.05) is 30.4 Å². The summed E-state index contributed by atoms with van der Waals surface area (Å²) < 4.78 is 5.97. The van der Waals surface area contributed by atoms with Crippen LogP contribution in [0.15, 0.2) is 17.5 Å². The molecule has 1 aromatic heterocycles. The summed E-state index contributed by atoms with van der Waals surface area (Å²) in [6.07, 6.45) is 1.92. The van der Waals surface area contributed by atoms with Crippen molar-refractivity contribution in [3.05, 3.63) is 22.4 Å². The third-order valence-electron chi connectivity index (χ3n) is 4.61. The van der Waals surface area contributed by atoms with Gasteiger partial charge < -0.3 is 14.5 Å². The van der Waals surface area contributed by atoms with Crippen LogP contribution in [-0.2, 0) is 16.0 Å². The summed E-state index contributed by atoms with van der Waals surface area (Å²) in [7, 11) is 4.17. The molecule has 0 spiro atoms. The van der Waals surface area contributed by atoms with Gasteiger partial charge in [0.2, 0.25) is 5.91 Å². The molecule has 2 fully saturated rings. The van der Waals surface area contributed by atoms with Gasteiger partial charge in [0.15, 0.2) is 0 Å². The molecule has 0 radical (unpaired) electrons. The van der Waals surface area contributed by atoms with Gasteiger partial charge in [-0.05, 0) is 37.9 Å². The highest BCUT2D eigenvalue weighted by Gasteiger charge is 2.41. The Labute approximate surface area is 130 Å². The van der Waals surface area contributed by atoms with Gasteiger partial charge in [0.05, 0.1) is 19.1 Å². The lowest BCUT2D eigenvalue weighted by molar-refractivity contribution is -0.133. The fourth-order valence-electron chi connectivity index (χ4n) is 3.48. The lowest BCUT2D eigenvalue weighted by Gasteiger charge is -2.36. The van der Waals surface area contributed by atoms with Gasteiger partial charge in [0.25, 0.3) is 0 Å². The number of rotatable bonds is 4. The Hall–Kier alpha value is -0.910. The zero-order chi connectivity index (χ0) is 14.8. The van der Waals surface area contributed by atoms with E-state index in [1.807, 2.05) is 17.5 Å². The highest BCUT2D eigenvalue weighted by molar-refractivity contribution is 7.10. The lowest BCUT2D eigenvalue weighted by Crippen LogP contribution is -2.47. The molecule has 0 saturated carbocycles. The van der Waals surface area contributed by atoms with E-state index >= 15 is 0 Å². The van der Waals surface area contributed by atoms with Crippen LogP contribution in [-0.4, -0.2) is 62.1 Å². The maximum Gasteiger partial charge on any atom is 0.227 e. The number of hydrogen-bond donors (Lipinski definition) is 0. The first-order valence-electron chi connectivity index (χ1n) is 7.70. The Bertz CT molecular complexity index is 475. The number of carbonyl (C=O) groups is 1. The zero-order valence-corrected chi connectivity index (χ0v) is 13.6. The van der Waals surface area contributed by atoms with E-state index in [4.69, 9.17) is 4.74 Å². The summed E-state index contributed by atoms with van der Waals surface area (Å²) in [6, 6.07) is 4.06. The van der Waals surface area contributed by atoms with Gasteiger partial charge in [-0.2, -0.15) is 0 Å². The minimum atomic E-state index is 0.270. The molecule has 0 bridgehead atoms. The SMILES string of the molecule is CN(C)C[C@H]1OC[C@@H]2CCN(C(=O)Cc3cccs3)C[C@@H]21. The van der Waals surface area contributed by atoms with E-state index in [0.29, 0.717) is 18.3 Å². The summed E-state index contributed by atoms with van der Waals surface area (Å²) in [5.41, 5.74) is 0. The molecule has 0 unspecified atom stereocenters. The van der Waals surface area contributed by atoms with Crippen molar-refractivity contribution >= 4 is 17.2 Å². The summed E-state index contributed by atoms with van der Waals surface area (Å²) in [4.78, 5) is 17.9. The predicted molar refractivity (Wildman–Crippen MR) is 84.5 cm³/mol. The second kappa shape index (κ2) is 6.46. The van der Waals surface area contributed by atoms with Crippen molar-refractivity contribution in [1.29, 1.82) is 0 Å². The lowest BCUT2D eigenvalue weighted by atomic mass is 9.84. The number of thiophene rings is 1. The number of fused-ring (bicyclic) bond motifs is 1. The maximum absolute atomic E-state index is 12.5. The molecular weight excluding hydrogens is 284 g/mol. The van der Waals surface area contributed by atoms with Crippen LogP contribution in [0.2, 0.25) is 0 Å². The van der Waals surface area contributed by atoms with Crippen molar-refractivity contribution < 1.29 is 9.53 Å². The number of hydrogen-bond acceptors (Lipinski definition) is 4. The highest BCUT2D eigenvalue weighted by atomic mass is 32.1. The molecule has 116 valence electrons. The van der Waals surface area contributed by atoms with Crippen LogP contribution in [0.5, 0.6) is 0 Å². The third-order valence-corrected chi connectivity index (χ3v) is 5.49. The fourth-order valence-corrected chi connectivity index (χ4v) is 4.17. The molecule has 2 aliphatic heterocycles. The van der Waals surface area contributed by atoms with E-state index in [-0.39, 0.29) is 12.0 Å². The van der Waals surface area contributed by atoms with Crippen LogP contribution in [0.4, 0.5) is 0 Å². The Morgan fingerprint density at radius 1 is 1.52 bits per heavy atom. The standard InChI is InChI=1S/C16H24N2O2S/c1-17(2)10-15-14-9-18(6-5-12(14)11-20-15)16(19)8-13-4-3-7-21-13/h3-4,7,12,14-15H,5-6,8-11H2,1-2H3/t12-,14-,15+/m0/s1. The molecule has 5 heteroatoms. The van der Waals surface area contributed by atoms with Crippen LogP contribution in [0.25, 0.3) is 0 Å². The Balaban J connectivity index is 1.60. The molecule has 1 aromatic rings. The van der Waals surface area contributed by atoms with Crippen molar-refractivity contribution in [2.24, 2.45) is 11.8 Å². The zero-order valence-electron chi connectivity index (χ0n) is 12.8. The molecule has 1 amide bonds.